The maximum atomic E-state index is 9.25. The minimum atomic E-state index is -0.404. The van der Waals surface area contributed by atoms with E-state index >= 15 is 0 Å². The third-order valence-electron chi connectivity index (χ3n) is 2.73. The van der Waals surface area contributed by atoms with Crippen LogP contribution in [0.1, 0.15) is 6.92 Å². The molecule has 0 spiro atoms. The summed E-state index contributed by atoms with van der Waals surface area (Å²) in [6.07, 6.45) is 1.39. The molecule has 3 aromatic rings. The monoisotopic (exact) mass is 274 g/mol. The summed E-state index contributed by atoms with van der Waals surface area (Å²) < 4.78 is 0. The average molecular weight is 274 g/mol. The fourth-order valence-electron chi connectivity index (χ4n) is 1.84. The number of aromatic nitrogens is 3. The third kappa shape index (κ3) is 2.59. The lowest BCUT2D eigenvalue weighted by Gasteiger charge is -2.03. The Morgan fingerprint density at radius 3 is 3.11 bits per heavy atom. The van der Waals surface area contributed by atoms with Gasteiger partial charge in [0.15, 0.2) is 0 Å². The Morgan fingerprint density at radius 2 is 2.37 bits per heavy atom. The fourth-order valence-corrected chi connectivity index (χ4v) is 2.47. The molecular formula is C13H14N4OS. The van der Waals surface area contributed by atoms with Crippen LogP contribution in [-0.4, -0.2) is 32.7 Å². The van der Waals surface area contributed by atoms with Gasteiger partial charge in [-0.15, -0.1) is 11.3 Å². The Morgan fingerprint density at radius 1 is 1.47 bits per heavy atom. The van der Waals surface area contributed by atoms with Crippen LogP contribution in [-0.2, 0) is 0 Å². The van der Waals surface area contributed by atoms with Crippen LogP contribution in [0, 0.1) is 0 Å². The summed E-state index contributed by atoms with van der Waals surface area (Å²) in [7, 11) is 0. The van der Waals surface area contributed by atoms with Gasteiger partial charge in [-0.25, -0.2) is 9.97 Å². The first-order chi connectivity index (χ1) is 9.22. The molecule has 0 radical (unpaired) electrons. The lowest BCUT2D eigenvalue weighted by atomic mass is 10.2. The molecule has 3 N–H and O–H groups in total. The van der Waals surface area contributed by atoms with E-state index in [1.807, 2.05) is 23.6 Å². The summed E-state index contributed by atoms with van der Waals surface area (Å²) >= 11 is 1.61. The van der Waals surface area contributed by atoms with Crippen molar-refractivity contribution >= 4 is 28.3 Å². The van der Waals surface area contributed by atoms with Crippen molar-refractivity contribution in [1.82, 2.24) is 15.0 Å². The highest BCUT2D eigenvalue weighted by molar-refractivity contribution is 7.13. The van der Waals surface area contributed by atoms with E-state index in [9.17, 15) is 5.11 Å². The molecule has 5 nitrogen and oxygen atoms in total. The zero-order valence-electron chi connectivity index (χ0n) is 10.4. The SMILES string of the molecule is CC(O)CNc1nc2ccc(-c3nccs3)cc2[nH]1. The number of imidazole rings is 1. The van der Waals surface area contributed by atoms with Crippen LogP contribution in [0.2, 0.25) is 0 Å². The highest BCUT2D eigenvalue weighted by Gasteiger charge is 2.06. The molecule has 0 amide bonds. The molecule has 0 saturated heterocycles. The van der Waals surface area contributed by atoms with E-state index in [0.29, 0.717) is 12.5 Å². The number of nitrogens with zero attached hydrogens (tertiary/aromatic N) is 2. The summed E-state index contributed by atoms with van der Waals surface area (Å²) in [5.41, 5.74) is 2.93. The molecule has 0 aliphatic rings. The molecule has 1 unspecified atom stereocenters. The fraction of sp³-hybridized carbons (Fsp3) is 0.231. The predicted octanol–water partition coefficient (Wildman–Crippen LogP) is 2.48. The highest BCUT2D eigenvalue weighted by Crippen LogP contribution is 2.25. The molecule has 0 saturated carbocycles. The molecule has 3 rings (SSSR count). The van der Waals surface area contributed by atoms with Crippen LogP contribution >= 0.6 is 11.3 Å². The maximum absolute atomic E-state index is 9.25. The molecule has 1 aromatic carbocycles. The van der Waals surface area contributed by atoms with Gasteiger partial charge in [-0.05, 0) is 25.1 Å². The second-order valence-electron chi connectivity index (χ2n) is 4.38. The first kappa shape index (κ1) is 12.1. The minimum absolute atomic E-state index is 0.404. The van der Waals surface area contributed by atoms with Crippen LogP contribution in [0.3, 0.4) is 0 Å². The van der Waals surface area contributed by atoms with Gasteiger partial charge in [-0.1, -0.05) is 0 Å². The number of anilines is 1. The van der Waals surface area contributed by atoms with Gasteiger partial charge in [0.2, 0.25) is 5.95 Å². The van der Waals surface area contributed by atoms with Crippen molar-refractivity contribution in [2.75, 3.05) is 11.9 Å². The summed E-state index contributed by atoms with van der Waals surface area (Å²) in [5.74, 6) is 0.673. The number of nitrogens with one attached hydrogen (secondary N) is 2. The molecule has 0 aliphatic carbocycles. The first-order valence-electron chi connectivity index (χ1n) is 6.04. The van der Waals surface area contributed by atoms with E-state index in [1.54, 1.807) is 24.5 Å². The van der Waals surface area contributed by atoms with Gasteiger partial charge >= 0.3 is 0 Å². The second-order valence-corrected chi connectivity index (χ2v) is 5.28. The number of aromatic amines is 1. The van der Waals surface area contributed by atoms with E-state index in [0.717, 1.165) is 21.6 Å². The zero-order valence-corrected chi connectivity index (χ0v) is 11.2. The van der Waals surface area contributed by atoms with Crippen molar-refractivity contribution in [3.05, 3.63) is 29.8 Å². The van der Waals surface area contributed by atoms with Crippen molar-refractivity contribution < 1.29 is 5.11 Å². The van der Waals surface area contributed by atoms with Gasteiger partial charge in [-0.2, -0.15) is 0 Å². The van der Waals surface area contributed by atoms with Crippen molar-refractivity contribution in [2.24, 2.45) is 0 Å². The summed E-state index contributed by atoms with van der Waals surface area (Å²) in [6, 6.07) is 6.02. The van der Waals surface area contributed by atoms with E-state index in [2.05, 4.69) is 20.3 Å². The number of thiazole rings is 1. The number of aliphatic hydroxyl groups is 1. The lowest BCUT2D eigenvalue weighted by Crippen LogP contribution is -2.15. The van der Waals surface area contributed by atoms with Crippen LogP contribution in [0.25, 0.3) is 21.6 Å². The molecule has 1 atom stereocenters. The minimum Gasteiger partial charge on any atom is -0.392 e. The number of benzene rings is 1. The molecule has 2 heterocycles. The van der Waals surface area contributed by atoms with Crippen molar-refractivity contribution in [2.45, 2.75) is 13.0 Å². The highest BCUT2D eigenvalue weighted by atomic mass is 32.1. The Hall–Kier alpha value is -1.92. The summed E-state index contributed by atoms with van der Waals surface area (Å²) in [4.78, 5) is 11.9. The third-order valence-corrected chi connectivity index (χ3v) is 3.55. The second kappa shape index (κ2) is 4.99. The predicted molar refractivity (Wildman–Crippen MR) is 77.4 cm³/mol. The number of rotatable bonds is 4. The molecule has 6 heteroatoms. The Kier molecular flexibility index (Phi) is 3.18. The van der Waals surface area contributed by atoms with Gasteiger partial charge in [-0.3, -0.25) is 0 Å². The average Bonchev–Trinajstić information content (AvgIpc) is 3.04. The zero-order chi connectivity index (χ0) is 13.2. The van der Waals surface area contributed by atoms with Crippen LogP contribution in [0.4, 0.5) is 5.95 Å². The number of hydrogen-bond donors (Lipinski definition) is 3. The molecule has 19 heavy (non-hydrogen) atoms. The lowest BCUT2D eigenvalue weighted by molar-refractivity contribution is 0.208. The van der Waals surface area contributed by atoms with E-state index < -0.39 is 6.10 Å². The Balaban J connectivity index is 1.91. The van der Waals surface area contributed by atoms with Crippen molar-refractivity contribution in [1.29, 1.82) is 0 Å². The number of hydrogen-bond acceptors (Lipinski definition) is 5. The van der Waals surface area contributed by atoms with Gasteiger partial charge in [0.25, 0.3) is 0 Å². The summed E-state index contributed by atoms with van der Waals surface area (Å²) in [5, 5.41) is 15.3. The van der Waals surface area contributed by atoms with Crippen molar-refractivity contribution in [3.63, 3.8) is 0 Å². The largest absolute Gasteiger partial charge is 0.392 e. The van der Waals surface area contributed by atoms with Gasteiger partial charge < -0.3 is 15.4 Å². The number of fused-ring (bicyclic) bond motifs is 1. The Labute approximate surface area is 114 Å². The molecule has 0 bridgehead atoms. The van der Waals surface area contributed by atoms with Crippen LogP contribution in [0.5, 0.6) is 0 Å². The first-order valence-corrected chi connectivity index (χ1v) is 6.92. The van der Waals surface area contributed by atoms with Gasteiger partial charge in [0.05, 0.1) is 17.1 Å². The van der Waals surface area contributed by atoms with Crippen LogP contribution < -0.4 is 5.32 Å². The van der Waals surface area contributed by atoms with Gasteiger partial charge in [0.1, 0.15) is 5.01 Å². The molecular weight excluding hydrogens is 260 g/mol. The Bertz CT molecular complexity index is 675. The number of H-pyrrole nitrogens is 1. The smallest absolute Gasteiger partial charge is 0.201 e. The molecule has 0 fully saturated rings. The van der Waals surface area contributed by atoms with E-state index in [-0.39, 0.29) is 0 Å². The number of aliphatic hydroxyl groups excluding tert-OH is 1. The van der Waals surface area contributed by atoms with E-state index in [1.165, 1.54) is 0 Å². The molecule has 2 aromatic heterocycles. The van der Waals surface area contributed by atoms with Crippen molar-refractivity contribution in [3.8, 4) is 10.6 Å². The summed E-state index contributed by atoms with van der Waals surface area (Å²) in [6.45, 7) is 2.20. The molecule has 0 aliphatic heterocycles. The topological polar surface area (TPSA) is 73.8 Å². The maximum Gasteiger partial charge on any atom is 0.201 e. The normalized spacial score (nSPS) is 12.7. The molecule has 98 valence electrons. The van der Waals surface area contributed by atoms with Crippen LogP contribution in [0.15, 0.2) is 29.8 Å². The van der Waals surface area contributed by atoms with E-state index in [4.69, 9.17) is 0 Å². The standard InChI is InChI=1S/C13H14N4OS/c1-8(18)7-15-13-16-10-3-2-9(6-11(10)17-13)12-14-4-5-19-12/h2-6,8,18H,7H2,1H3,(H2,15,16,17). The quantitative estimate of drug-likeness (QED) is 0.683. The van der Waals surface area contributed by atoms with Gasteiger partial charge in [0, 0.05) is 23.7 Å².